The minimum absolute atomic E-state index is 0.0124. The molecule has 19 heavy (non-hydrogen) atoms. The van der Waals surface area contributed by atoms with Gasteiger partial charge >= 0.3 is 5.97 Å². The van der Waals surface area contributed by atoms with E-state index >= 15 is 0 Å². The fraction of sp³-hybridized carbons (Fsp3) is 0.533. The second kappa shape index (κ2) is 6.17. The number of methoxy groups -OCH3 is 1. The van der Waals surface area contributed by atoms with Crippen molar-refractivity contribution in [1.29, 1.82) is 0 Å². The summed E-state index contributed by atoms with van der Waals surface area (Å²) in [6.45, 7) is 4.36. The maximum Gasteiger partial charge on any atom is 0.338 e. The van der Waals surface area contributed by atoms with E-state index < -0.39 is 0 Å². The summed E-state index contributed by atoms with van der Waals surface area (Å²) >= 11 is 0. The Hall–Kier alpha value is -1.39. The molecule has 1 aromatic carbocycles. The van der Waals surface area contributed by atoms with Gasteiger partial charge in [-0.1, -0.05) is 18.2 Å². The van der Waals surface area contributed by atoms with Crippen LogP contribution in [0.2, 0.25) is 0 Å². The number of rotatable bonds is 4. The van der Waals surface area contributed by atoms with Crippen molar-refractivity contribution in [1.82, 2.24) is 5.32 Å². The third-order valence-corrected chi connectivity index (χ3v) is 3.57. The number of hydrogen-bond acceptors (Lipinski definition) is 4. The van der Waals surface area contributed by atoms with E-state index in [4.69, 9.17) is 9.47 Å². The molecule has 1 heterocycles. The number of nitrogens with one attached hydrogen (secondary N) is 1. The Bertz CT molecular complexity index is 439. The summed E-state index contributed by atoms with van der Waals surface area (Å²) in [5.74, 6) is -0.289. The lowest BCUT2D eigenvalue weighted by Gasteiger charge is -2.34. The average Bonchev–Trinajstić information content (AvgIpc) is 2.45. The molecular weight excluding hydrogens is 242 g/mol. The molecule has 1 aliphatic rings. The summed E-state index contributed by atoms with van der Waals surface area (Å²) in [5.41, 5.74) is 1.57. The van der Waals surface area contributed by atoms with Gasteiger partial charge in [0, 0.05) is 18.7 Å². The zero-order chi connectivity index (χ0) is 13.7. The van der Waals surface area contributed by atoms with Crippen LogP contribution in [-0.4, -0.2) is 31.8 Å². The number of carbonyl (C=O) groups is 1. The summed E-state index contributed by atoms with van der Waals surface area (Å²) in [6.07, 6.45) is 2.16. The van der Waals surface area contributed by atoms with Crippen LogP contribution in [0.3, 0.4) is 0 Å². The van der Waals surface area contributed by atoms with Crippen LogP contribution in [0.15, 0.2) is 24.3 Å². The molecule has 0 radical (unpaired) electrons. The first-order valence-electron chi connectivity index (χ1n) is 6.64. The summed E-state index contributed by atoms with van der Waals surface area (Å²) in [4.78, 5) is 11.7. The molecule has 0 aliphatic carbocycles. The van der Waals surface area contributed by atoms with E-state index in [0.29, 0.717) is 18.7 Å². The normalized spacial score (nSPS) is 23.1. The van der Waals surface area contributed by atoms with E-state index in [-0.39, 0.29) is 11.5 Å². The number of esters is 1. The Morgan fingerprint density at radius 3 is 2.95 bits per heavy atom. The van der Waals surface area contributed by atoms with E-state index in [1.807, 2.05) is 18.2 Å². The maximum atomic E-state index is 11.7. The molecule has 0 saturated carbocycles. The fourth-order valence-corrected chi connectivity index (χ4v) is 2.37. The van der Waals surface area contributed by atoms with Crippen LogP contribution < -0.4 is 5.32 Å². The van der Waals surface area contributed by atoms with Crippen molar-refractivity contribution in [3.05, 3.63) is 35.4 Å². The molecule has 1 aromatic rings. The van der Waals surface area contributed by atoms with Gasteiger partial charge in [-0.25, -0.2) is 4.79 Å². The molecule has 4 heteroatoms. The molecule has 104 valence electrons. The third kappa shape index (κ3) is 3.55. The number of hydrogen-bond donors (Lipinski definition) is 1. The van der Waals surface area contributed by atoms with Crippen molar-refractivity contribution < 1.29 is 14.3 Å². The van der Waals surface area contributed by atoms with Crippen molar-refractivity contribution in [3.8, 4) is 0 Å². The van der Waals surface area contributed by atoms with E-state index in [2.05, 4.69) is 12.2 Å². The Balaban J connectivity index is 2.04. The standard InChI is InChI=1S/C15H21NO3/c1-15(8-5-9-19-11-15)16-10-12-6-3-4-7-13(12)14(17)18-2/h3-4,6-7,16H,5,8-11H2,1-2H3. The lowest BCUT2D eigenvalue weighted by molar-refractivity contribution is 0.0277. The van der Waals surface area contributed by atoms with E-state index in [1.54, 1.807) is 6.07 Å². The fourth-order valence-electron chi connectivity index (χ4n) is 2.37. The van der Waals surface area contributed by atoms with Crippen LogP contribution in [0.5, 0.6) is 0 Å². The molecule has 4 nitrogen and oxygen atoms in total. The van der Waals surface area contributed by atoms with Crippen LogP contribution in [0.25, 0.3) is 0 Å². The Morgan fingerprint density at radius 1 is 1.47 bits per heavy atom. The first kappa shape index (κ1) is 14.0. The van der Waals surface area contributed by atoms with Gasteiger partial charge in [0.2, 0.25) is 0 Å². The Labute approximate surface area is 114 Å². The molecule has 0 aromatic heterocycles. The van der Waals surface area contributed by atoms with Crippen LogP contribution in [0, 0.1) is 0 Å². The highest BCUT2D eigenvalue weighted by atomic mass is 16.5. The van der Waals surface area contributed by atoms with Gasteiger partial charge in [0.1, 0.15) is 0 Å². The van der Waals surface area contributed by atoms with E-state index in [1.165, 1.54) is 7.11 Å². The molecular formula is C15H21NO3. The molecule has 0 spiro atoms. The highest BCUT2D eigenvalue weighted by Gasteiger charge is 2.27. The van der Waals surface area contributed by atoms with Crippen LogP contribution >= 0.6 is 0 Å². The van der Waals surface area contributed by atoms with Crippen molar-refractivity contribution in [2.24, 2.45) is 0 Å². The van der Waals surface area contributed by atoms with Gasteiger partial charge in [0.05, 0.1) is 19.3 Å². The third-order valence-electron chi connectivity index (χ3n) is 3.57. The van der Waals surface area contributed by atoms with Crippen LogP contribution in [-0.2, 0) is 16.0 Å². The van der Waals surface area contributed by atoms with Crippen molar-refractivity contribution in [3.63, 3.8) is 0 Å². The largest absolute Gasteiger partial charge is 0.465 e. The molecule has 0 amide bonds. The Morgan fingerprint density at radius 2 is 2.26 bits per heavy atom. The second-order valence-electron chi connectivity index (χ2n) is 5.22. The summed E-state index contributed by atoms with van der Waals surface area (Å²) < 4.78 is 10.3. The highest BCUT2D eigenvalue weighted by Crippen LogP contribution is 2.19. The van der Waals surface area contributed by atoms with Gasteiger partial charge in [-0.15, -0.1) is 0 Å². The smallest absolute Gasteiger partial charge is 0.338 e. The van der Waals surface area contributed by atoms with Gasteiger partial charge in [-0.2, -0.15) is 0 Å². The van der Waals surface area contributed by atoms with Gasteiger partial charge < -0.3 is 14.8 Å². The van der Waals surface area contributed by atoms with Gasteiger partial charge in [-0.05, 0) is 31.4 Å². The van der Waals surface area contributed by atoms with Crippen molar-refractivity contribution in [2.45, 2.75) is 31.8 Å². The predicted octanol–water partition coefficient (Wildman–Crippen LogP) is 2.13. The zero-order valence-electron chi connectivity index (χ0n) is 11.6. The maximum absolute atomic E-state index is 11.7. The van der Waals surface area contributed by atoms with E-state index in [0.717, 1.165) is 25.0 Å². The first-order chi connectivity index (χ1) is 9.14. The van der Waals surface area contributed by atoms with Crippen LogP contribution in [0.1, 0.15) is 35.7 Å². The quantitative estimate of drug-likeness (QED) is 0.845. The zero-order valence-corrected chi connectivity index (χ0v) is 11.6. The van der Waals surface area contributed by atoms with Gasteiger partial charge in [0.15, 0.2) is 0 Å². The number of ether oxygens (including phenoxy) is 2. The minimum Gasteiger partial charge on any atom is -0.465 e. The molecule has 1 unspecified atom stereocenters. The number of carbonyl (C=O) groups excluding carboxylic acids is 1. The predicted molar refractivity (Wildman–Crippen MR) is 73.1 cm³/mol. The molecule has 1 N–H and O–H groups in total. The highest BCUT2D eigenvalue weighted by molar-refractivity contribution is 5.90. The van der Waals surface area contributed by atoms with Crippen molar-refractivity contribution in [2.75, 3.05) is 20.3 Å². The summed E-state index contributed by atoms with van der Waals surface area (Å²) in [6, 6.07) is 7.53. The van der Waals surface area contributed by atoms with Crippen molar-refractivity contribution >= 4 is 5.97 Å². The Kier molecular flexibility index (Phi) is 4.56. The van der Waals surface area contributed by atoms with Gasteiger partial charge in [0.25, 0.3) is 0 Å². The average molecular weight is 263 g/mol. The molecule has 1 atom stereocenters. The number of benzene rings is 1. The lowest BCUT2D eigenvalue weighted by Crippen LogP contribution is -2.48. The monoisotopic (exact) mass is 263 g/mol. The van der Waals surface area contributed by atoms with E-state index in [9.17, 15) is 4.79 Å². The molecule has 1 aliphatic heterocycles. The van der Waals surface area contributed by atoms with Crippen LogP contribution in [0.4, 0.5) is 0 Å². The summed E-state index contributed by atoms with van der Waals surface area (Å²) in [5, 5.41) is 3.50. The SMILES string of the molecule is COC(=O)c1ccccc1CNC1(C)CCCOC1. The minimum atomic E-state index is -0.289. The molecule has 1 fully saturated rings. The lowest BCUT2D eigenvalue weighted by atomic mass is 9.94. The first-order valence-corrected chi connectivity index (χ1v) is 6.64. The molecule has 1 saturated heterocycles. The topological polar surface area (TPSA) is 47.6 Å². The molecule has 0 bridgehead atoms. The molecule has 2 rings (SSSR count). The second-order valence-corrected chi connectivity index (χ2v) is 5.22. The van der Waals surface area contributed by atoms with Gasteiger partial charge in [-0.3, -0.25) is 0 Å². The summed E-state index contributed by atoms with van der Waals surface area (Å²) in [7, 11) is 1.41.